The average molecular weight is 829 g/mol. The van der Waals surface area contributed by atoms with Crippen LogP contribution in [0.2, 0.25) is 0 Å². The molecular weight excluding hydrogens is 765 g/mol. The smallest absolute Gasteiger partial charge is 0.307 e. The molecule has 322 valence electrons. The van der Waals surface area contributed by atoms with Gasteiger partial charge in [0.05, 0.1) is 12.0 Å². The van der Waals surface area contributed by atoms with Crippen LogP contribution in [0, 0.1) is 23.7 Å². The van der Waals surface area contributed by atoms with E-state index in [1.54, 1.807) is 19.1 Å². The maximum atomic E-state index is 14.8. The molecule has 0 aliphatic carbocycles. The number of carboxylic acids is 1. The number of aromatic nitrogens is 1. The number of piperidine rings is 1. The number of rotatable bonds is 23. The Labute approximate surface area is 347 Å². The predicted molar refractivity (Wildman–Crippen MR) is 220 cm³/mol. The average Bonchev–Trinajstić information content (AvgIpc) is 3.67. The fraction of sp³-hybridized carbons (Fsp3) is 0.651. The van der Waals surface area contributed by atoms with Gasteiger partial charge in [-0.3, -0.25) is 33.7 Å². The van der Waals surface area contributed by atoms with Gasteiger partial charge in [0.15, 0.2) is 18.6 Å². The molecular formula is C43H64N4O10S. The molecule has 0 saturated carbocycles. The SMILES string of the molecule is CCCC(=O)OCN(C(=O)[C@@H](CC(=O)[C@H]1CCCCN1C)[C@@H](C)CC)[C@H](C[C@@H](OC(C)=O)c1nc(C(=O)N[C@@H](Cc2ccc(O)cc2)C[C@H](C)C(=O)O)cs1)C(C)C. The minimum Gasteiger partial charge on any atom is -0.508 e. The maximum absolute atomic E-state index is 14.8. The fourth-order valence-electron chi connectivity index (χ4n) is 7.42. The Morgan fingerprint density at radius 3 is 2.31 bits per heavy atom. The normalized spacial score (nSPS) is 17.6. The van der Waals surface area contributed by atoms with Crippen LogP contribution in [-0.2, 0) is 39.9 Å². The van der Waals surface area contributed by atoms with Crippen molar-refractivity contribution in [2.75, 3.05) is 20.3 Å². The molecule has 0 radical (unpaired) electrons. The van der Waals surface area contributed by atoms with Crippen molar-refractivity contribution >= 4 is 46.8 Å². The fourth-order valence-corrected chi connectivity index (χ4v) is 8.26. The van der Waals surface area contributed by atoms with Gasteiger partial charge in [0.2, 0.25) is 5.91 Å². The molecule has 2 aromatic rings. The molecule has 7 atom stereocenters. The molecule has 0 spiro atoms. The number of thiazole rings is 1. The zero-order valence-corrected chi connectivity index (χ0v) is 36.2. The van der Waals surface area contributed by atoms with Crippen molar-refractivity contribution in [3.8, 4) is 5.75 Å². The van der Waals surface area contributed by atoms with Gasteiger partial charge < -0.3 is 29.9 Å². The number of hydrogen-bond donors (Lipinski definition) is 3. The van der Waals surface area contributed by atoms with Gasteiger partial charge in [-0.15, -0.1) is 11.3 Å². The van der Waals surface area contributed by atoms with E-state index in [4.69, 9.17) is 9.47 Å². The van der Waals surface area contributed by atoms with E-state index in [0.717, 1.165) is 42.7 Å². The molecule has 1 aliphatic heterocycles. The lowest BCUT2D eigenvalue weighted by Crippen LogP contribution is -2.50. The van der Waals surface area contributed by atoms with Crippen molar-refractivity contribution in [1.82, 2.24) is 20.1 Å². The second-order valence-corrected chi connectivity index (χ2v) is 17.0. The summed E-state index contributed by atoms with van der Waals surface area (Å²) in [5, 5.41) is 24.1. The first-order valence-electron chi connectivity index (χ1n) is 20.6. The highest BCUT2D eigenvalue weighted by Gasteiger charge is 2.39. The molecule has 1 aromatic carbocycles. The molecule has 2 amide bonds. The summed E-state index contributed by atoms with van der Waals surface area (Å²) in [5.41, 5.74) is 0.830. The molecule has 58 heavy (non-hydrogen) atoms. The third-order valence-corrected chi connectivity index (χ3v) is 12.0. The van der Waals surface area contributed by atoms with Crippen LogP contribution in [0.1, 0.15) is 133 Å². The topological polar surface area (TPSA) is 193 Å². The number of amides is 2. The highest BCUT2D eigenvalue weighted by atomic mass is 32.1. The first-order chi connectivity index (χ1) is 27.4. The van der Waals surface area contributed by atoms with E-state index in [2.05, 4.69) is 15.2 Å². The minimum atomic E-state index is -1.00. The van der Waals surface area contributed by atoms with Gasteiger partial charge in [-0.2, -0.15) is 0 Å². The number of nitrogens with one attached hydrogen (secondary N) is 1. The first kappa shape index (κ1) is 48.0. The Kier molecular flexibility index (Phi) is 19.3. The molecule has 3 N–H and O–H groups in total. The van der Waals surface area contributed by atoms with Gasteiger partial charge >= 0.3 is 17.9 Å². The number of aromatic hydroxyl groups is 1. The van der Waals surface area contributed by atoms with Crippen LogP contribution in [0.25, 0.3) is 0 Å². The zero-order chi connectivity index (χ0) is 43.1. The van der Waals surface area contributed by atoms with E-state index in [-0.39, 0.29) is 73.4 Å². The summed E-state index contributed by atoms with van der Waals surface area (Å²) < 4.78 is 11.5. The number of Topliss-reactive ketones (excluding diaryl/α,β-unsaturated/α-hetero) is 1. The Hall–Kier alpha value is -4.37. The summed E-state index contributed by atoms with van der Waals surface area (Å²) in [5.74, 6) is -4.66. The molecule has 2 heterocycles. The van der Waals surface area contributed by atoms with Crippen molar-refractivity contribution < 1.29 is 48.5 Å². The molecule has 1 saturated heterocycles. The quantitative estimate of drug-likeness (QED) is 0.0809. The summed E-state index contributed by atoms with van der Waals surface area (Å²) in [6, 6.07) is 4.95. The first-order valence-corrected chi connectivity index (χ1v) is 21.5. The van der Waals surface area contributed by atoms with E-state index in [1.807, 2.05) is 41.7 Å². The molecule has 0 bridgehead atoms. The number of phenolic OH excluding ortho intramolecular Hbond substituents is 1. The Morgan fingerprint density at radius 2 is 1.72 bits per heavy atom. The standard InChI is InChI=1S/C43H64N4O10S/c1-9-13-39(51)56-25-47(42(53)33(27(5)10-2)22-37(50)35-14-11-12-19-46(35)8)36(26(3)4)23-38(57-29(7)48)41-45-34(24-58-41)40(52)44-31(20-28(6)43(54)55)21-30-15-17-32(49)18-16-30/h15-18,24,26-28,31,33,35-36,38,49H,9-14,19-23,25H2,1-8H3,(H,44,52)(H,54,55)/t27-,28-,31+,33-,35+,36+,38+/m0/s1. The van der Waals surface area contributed by atoms with Crippen LogP contribution in [0.4, 0.5) is 0 Å². The van der Waals surface area contributed by atoms with Crippen molar-refractivity contribution in [3.05, 3.63) is 45.9 Å². The van der Waals surface area contributed by atoms with Crippen LogP contribution in [0.5, 0.6) is 5.75 Å². The Balaban J connectivity index is 1.95. The van der Waals surface area contributed by atoms with Gasteiger partial charge in [-0.05, 0) is 75.2 Å². The van der Waals surface area contributed by atoms with Gasteiger partial charge in [0.25, 0.3) is 5.91 Å². The number of nitrogens with zero attached hydrogens (tertiary/aromatic N) is 3. The molecule has 14 nitrogen and oxygen atoms in total. The Morgan fingerprint density at radius 1 is 1.03 bits per heavy atom. The lowest BCUT2D eigenvalue weighted by Gasteiger charge is -2.39. The third kappa shape index (κ3) is 14.5. The second-order valence-electron chi connectivity index (χ2n) is 16.1. The van der Waals surface area contributed by atoms with Crippen molar-refractivity contribution in [2.24, 2.45) is 23.7 Å². The number of aliphatic carboxylic acids is 1. The van der Waals surface area contributed by atoms with E-state index < -0.39 is 53.8 Å². The summed E-state index contributed by atoms with van der Waals surface area (Å²) in [7, 11) is 1.94. The number of likely N-dealkylation sites (N-methyl/N-ethyl adjacent to an activating group) is 1. The Bertz CT molecular complexity index is 1680. The lowest BCUT2D eigenvalue weighted by molar-refractivity contribution is -0.161. The van der Waals surface area contributed by atoms with Gasteiger partial charge in [0.1, 0.15) is 16.5 Å². The van der Waals surface area contributed by atoms with Crippen LogP contribution < -0.4 is 5.32 Å². The number of ketones is 1. The monoisotopic (exact) mass is 828 g/mol. The molecule has 3 rings (SSSR count). The van der Waals surface area contributed by atoms with E-state index in [0.29, 0.717) is 24.3 Å². The van der Waals surface area contributed by atoms with Gasteiger partial charge in [-0.25, -0.2) is 4.98 Å². The number of hydrogen-bond acceptors (Lipinski definition) is 12. The number of likely N-dealkylation sites (tertiary alicyclic amines) is 1. The molecule has 1 aliphatic rings. The predicted octanol–water partition coefficient (Wildman–Crippen LogP) is 6.55. The minimum absolute atomic E-state index is 0.0129. The van der Waals surface area contributed by atoms with Crippen molar-refractivity contribution in [1.29, 1.82) is 0 Å². The molecule has 1 fully saturated rings. The maximum Gasteiger partial charge on any atom is 0.307 e. The van der Waals surface area contributed by atoms with E-state index in [1.165, 1.54) is 29.3 Å². The second kappa shape index (κ2) is 23.3. The number of esters is 2. The highest BCUT2D eigenvalue weighted by Crippen LogP contribution is 2.34. The molecule has 15 heteroatoms. The van der Waals surface area contributed by atoms with E-state index >= 15 is 0 Å². The van der Waals surface area contributed by atoms with Crippen LogP contribution >= 0.6 is 11.3 Å². The summed E-state index contributed by atoms with van der Waals surface area (Å²) in [6.45, 7) is 12.9. The number of carbonyl (C=O) groups is 6. The van der Waals surface area contributed by atoms with Crippen molar-refractivity contribution in [3.63, 3.8) is 0 Å². The molecule has 1 aromatic heterocycles. The number of benzene rings is 1. The van der Waals surface area contributed by atoms with Crippen LogP contribution in [0.15, 0.2) is 29.6 Å². The van der Waals surface area contributed by atoms with Crippen LogP contribution in [-0.4, -0.2) is 99.0 Å². The largest absolute Gasteiger partial charge is 0.508 e. The van der Waals surface area contributed by atoms with Crippen LogP contribution in [0.3, 0.4) is 0 Å². The zero-order valence-electron chi connectivity index (χ0n) is 35.4. The summed E-state index contributed by atoms with van der Waals surface area (Å²) in [6.07, 6.45) is 3.64. The number of carbonyl (C=O) groups excluding carboxylic acids is 5. The number of ether oxygens (including phenoxy) is 2. The van der Waals surface area contributed by atoms with Crippen molar-refractivity contribution in [2.45, 2.75) is 137 Å². The van der Waals surface area contributed by atoms with E-state index in [9.17, 15) is 39.0 Å². The summed E-state index contributed by atoms with van der Waals surface area (Å²) >= 11 is 1.11. The van der Waals surface area contributed by atoms with Gasteiger partial charge in [0, 0.05) is 49.6 Å². The third-order valence-electron chi connectivity index (χ3n) is 11.1. The number of phenols is 1. The number of carboxylic acid groups (broad SMARTS) is 1. The molecule has 0 unspecified atom stereocenters. The highest BCUT2D eigenvalue weighted by molar-refractivity contribution is 7.09. The lowest BCUT2D eigenvalue weighted by atomic mass is 9.82. The summed E-state index contributed by atoms with van der Waals surface area (Å²) in [4.78, 5) is 87.4. The van der Waals surface area contributed by atoms with Gasteiger partial charge in [-0.1, -0.05) is 66.5 Å².